The summed E-state index contributed by atoms with van der Waals surface area (Å²) < 4.78 is 5.57. The number of hydrogen-bond donors (Lipinski definition) is 1. The van der Waals surface area contributed by atoms with Gasteiger partial charge in [-0.2, -0.15) is 0 Å². The maximum absolute atomic E-state index is 5.96. The summed E-state index contributed by atoms with van der Waals surface area (Å²) >= 11 is 0. The minimum absolute atomic E-state index is 0.176. The highest BCUT2D eigenvalue weighted by atomic mass is 16.5. The van der Waals surface area contributed by atoms with Crippen LogP contribution >= 0.6 is 0 Å². The second-order valence-corrected chi connectivity index (χ2v) is 3.93. The van der Waals surface area contributed by atoms with Crippen LogP contribution in [0.25, 0.3) is 0 Å². The highest BCUT2D eigenvalue weighted by molar-refractivity contribution is 5.41. The van der Waals surface area contributed by atoms with E-state index in [1.54, 1.807) is 0 Å². The molecule has 0 saturated carbocycles. The van der Waals surface area contributed by atoms with Crippen molar-refractivity contribution in [3.8, 4) is 18.1 Å². The Bertz CT molecular complexity index is 379. The smallest absolute Gasteiger partial charge is 0.148 e. The Balaban J connectivity index is 2.89. The van der Waals surface area contributed by atoms with Crippen LogP contribution in [0.2, 0.25) is 0 Å². The van der Waals surface area contributed by atoms with E-state index in [2.05, 4.69) is 12.8 Å². The van der Waals surface area contributed by atoms with Crippen molar-refractivity contribution < 1.29 is 4.74 Å². The van der Waals surface area contributed by atoms with Crippen molar-refractivity contribution in [2.75, 3.05) is 6.61 Å². The summed E-state index contributed by atoms with van der Waals surface area (Å²) in [5.41, 5.74) is 8.21. The Morgan fingerprint density at radius 2 is 2.25 bits per heavy atom. The number of ether oxygens (including phenoxy) is 1. The first-order chi connectivity index (χ1) is 7.69. The largest absolute Gasteiger partial charge is 0.480 e. The molecule has 1 aromatic rings. The average molecular weight is 217 g/mol. The fourth-order valence-electron chi connectivity index (χ4n) is 1.62. The van der Waals surface area contributed by atoms with E-state index in [-0.39, 0.29) is 6.04 Å². The number of rotatable bonds is 5. The molecule has 1 rings (SSSR count). The lowest BCUT2D eigenvalue weighted by atomic mass is 10.0. The zero-order valence-corrected chi connectivity index (χ0v) is 9.99. The van der Waals surface area contributed by atoms with Crippen LogP contribution < -0.4 is 10.5 Å². The van der Waals surface area contributed by atoms with Crippen molar-refractivity contribution in [1.82, 2.24) is 0 Å². The van der Waals surface area contributed by atoms with Gasteiger partial charge in [-0.15, -0.1) is 6.42 Å². The molecule has 0 aliphatic carbocycles. The van der Waals surface area contributed by atoms with Gasteiger partial charge in [-0.3, -0.25) is 0 Å². The predicted octanol–water partition coefficient (Wildman–Crippen LogP) is 2.29. The van der Waals surface area contributed by atoms with Crippen molar-refractivity contribution in [1.29, 1.82) is 0 Å². The topological polar surface area (TPSA) is 35.2 Å². The Morgan fingerprint density at radius 1 is 1.50 bits per heavy atom. The van der Waals surface area contributed by atoms with Crippen molar-refractivity contribution in [3.63, 3.8) is 0 Å². The second-order valence-electron chi connectivity index (χ2n) is 3.93. The summed E-state index contributed by atoms with van der Waals surface area (Å²) in [5, 5.41) is 0. The lowest BCUT2D eigenvalue weighted by Gasteiger charge is -2.15. The minimum Gasteiger partial charge on any atom is -0.480 e. The third kappa shape index (κ3) is 3.29. The van der Waals surface area contributed by atoms with Gasteiger partial charge in [0, 0.05) is 6.04 Å². The van der Waals surface area contributed by atoms with Gasteiger partial charge in [-0.05, 0) is 30.9 Å². The van der Waals surface area contributed by atoms with Gasteiger partial charge in [0.2, 0.25) is 0 Å². The third-order valence-corrected chi connectivity index (χ3v) is 2.60. The molecule has 0 saturated heterocycles. The van der Waals surface area contributed by atoms with Crippen molar-refractivity contribution in [2.24, 2.45) is 5.73 Å². The first-order valence-electron chi connectivity index (χ1n) is 5.59. The first-order valence-corrected chi connectivity index (χ1v) is 5.59. The SMILES string of the molecule is C#CCOc1c(C)cccc1CC(N)CC. The molecule has 0 amide bonds. The van der Waals surface area contributed by atoms with Gasteiger partial charge in [0.1, 0.15) is 12.4 Å². The van der Waals surface area contributed by atoms with E-state index in [1.807, 2.05) is 25.1 Å². The number of nitrogens with two attached hydrogens (primary N) is 1. The van der Waals surface area contributed by atoms with Crippen LogP contribution in [0.5, 0.6) is 5.75 Å². The number of benzene rings is 1. The van der Waals surface area contributed by atoms with E-state index in [0.29, 0.717) is 6.61 Å². The summed E-state index contributed by atoms with van der Waals surface area (Å²) in [5.74, 6) is 3.38. The fourth-order valence-corrected chi connectivity index (χ4v) is 1.62. The lowest BCUT2D eigenvalue weighted by Crippen LogP contribution is -2.21. The van der Waals surface area contributed by atoms with Crippen molar-refractivity contribution >= 4 is 0 Å². The first kappa shape index (κ1) is 12.6. The zero-order valence-electron chi connectivity index (χ0n) is 9.99. The van der Waals surface area contributed by atoms with E-state index in [1.165, 1.54) is 0 Å². The lowest BCUT2D eigenvalue weighted by molar-refractivity contribution is 0.362. The molecule has 0 bridgehead atoms. The van der Waals surface area contributed by atoms with E-state index < -0.39 is 0 Å². The molecule has 0 radical (unpaired) electrons. The summed E-state index contributed by atoms with van der Waals surface area (Å²) in [7, 11) is 0. The van der Waals surface area contributed by atoms with Gasteiger partial charge in [0.15, 0.2) is 0 Å². The van der Waals surface area contributed by atoms with E-state index in [9.17, 15) is 0 Å². The molecule has 0 fully saturated rings. The number of hydrogen-bond acceptors (Lipinski definition) is 2. The molecule has 0 aliphatic heterocycles. The molecular formula is C14H19NO. The molecule has 86 valence electrons. The Hall–Kier alpha value is -1.46. The summed E-state index contributed by atoms with van der Waals surface area (Å²) in [4.78, 5) is 0. The van der Waals surface area contributed by atoms with Crippen LogP contribution in [0.3, 0.4) is 0 Å². The summed E-state index contributed by atoms with van der Waals surface area (Å²) in [6.07, 6.45) is 7.00. The average Bonchev–Trinajstić information content (AvgIpc) is 2.28. The van der Waals surface area contributed by atoms with Gasteiger partial charge in [-0.1, -0.05) is 31.0 Å². The fraction of sp³-hybridized carbons (Fsp3) is 0.429. The zero-order chi connectivity index (χ0) is 12.0. The quantitative estimate of drug-likeness (QED) is 0.768. The molecule has 2 heteroatoms. The van der Waals surface area contributed by atoms with Crippen LogP contribution in [0.4, 0.5) is 0 Å². The number of terminal acetylenes is 1. The molecular weight excluding hydrogens is 198 g/mol. The molecule has 0 aliphatic rings. The second kappa shape index (κ2) is 6.19. The molecule has 2 N–H and O–H groups in total. The third-order valence-electron chi connectivity index (χ3n) is 2.60. The molecule has 2 nitrogen and oxygen atoms in total. The van der Waals surface area contributed by atoms with E-state index >= 15 is 0 Å². The maximum atomic E-state index is 5.96. The van der Waals surface area contributed by atoms with Gasteiger partial charge >= 0.3 is 0 Å². The van der Waals surface area contributed by atoms with Crippen LogP contribution in [0.1, 0.15) is 24.5 Å². The normalized spacial score (nSPS) is 11.9. The summed E-state index contributed by atoms with van der Waals surface area (Å²) in [6.45, 7) is 4.41. The van der Waals surface area contributed by atoms with E-state index in [0.717, 1.165) is 29.7 Å². The molecule has 1 unspecified atom stereocenters. The van der Waals surface area contributed by atoms with Crippen LogP contribution in [0, 0.1) is 19.3 Å². The van der Waals surface area contributed by atoms with E-state index in [4.69, 9.17) is 16.9 Å². The number of aryl methyl sites for hydroxylation is 1. The molecule has 0 heterocycles. The van der Waals surface area contributed by atoms with Crippen molar-refractivity contribution in [2.45, 2.75) is 32.7 Å². The van der Waals surface area contributed by atoms with Gasteiger partial charge in [0.25, 0.3) is 0 Å². The highest BCUT2D eigenvalue weighted by Crippen LogP contribution is 2.24. The monoisotopic (exact) mass is 217 g/mol. The minimum atomic E-state index is 0.176. The maximum Gasteiger partial charge on any atom is 0.148 e. The van der Waals surface area contributed by atoms with Gasteiger partial charge in [0.05, 0.1) is 0 Å². The van der Waals surface area contributed by atoms with Crippen molar-refractivity contribution in [3.05, 3.63) is 29.3 Å². The number of para-hydroxylation sites is 1. The Labute approximate surface area is 97.8 Å². The predicted molar refractivity (Wildman–Crippen MR) is 67.5 cm³/mol. The Morgan fingerprint density at radius 3 is 2.88 bits per heavy atom. The molecule has 0 spiro atoms. The summed E-state index contributed by atoms with van der Waals surface area (Å²) in [6, 6.07) is 6.27. The Kier molecular flexibility index (Phi) is 4.88. The standard InChI is InChI=1S/C14H19NO/c1-4-9-16-14-11(3)7-6-8-12(14)10-13(15)5-2/h1,6-8,13H,5,9-10,15H2,2-3H3. The van der Waals surface area contributed by atoms with Gasteiger partial charge in [-0.25, -0.2) is 0 Å². The van der Waals surface area contributed by atoms with Crippen LogP contribution in [-0.4, -0.2) is 12.6 Å². The molecule has 1 atom stereocenters. The van der Waals surface area contributed by atoms with Crippen LogP contribution in [0.15, 0.2) is 18.2 Å². The molecule has 1 aromatic carbocycles. The van der Waals surface area contributed by atoms with Gasteiger partial charge < -0.3 is 10.5 Å². The highest BCUT2D eigenvalue weighted by Gasteiger charge is 2.09. The molecule has 16 heavy (non-hydrogen) atoms. The van der Waals surface area contributed by atoms with Crippen LogP contribution in [-0.2, 0) is 6.42 Å². The molecule has 0 aromatic heterocycles.